The van der Waals surface area contributed by atoms with Gasteiger partial charge < -0.3 is 10.3 Å². The number of rotatable bonds is 4. The zero-order valence-corrected chi connectivity index (χ0v) is 13.2. The minimum absolute atomic E-state index is 0.444. The summed E-state index contributed by atoms with van der Waals surface area (Å²) in [5.74, 6) is 1.48. The number of halogens is 1. The van der Waals surface area contributed by atoms with Crippen molar-refractivity contribution in [3.05, 3.63) is 40.3 Å². The van der Waals surface area contributed by atoms with Crippen LogP contribution in [-0.4, -0.2) is 9.55 Å². The molecule has 1 atom stereocenters. The third-order valence-electron chi connectivity index (χ3n) is 3.69. The van der Waals surface area contributed by atoms with Crippen LogP contribution in [0, 0.1) is 0 Å². The van der Waals surface area contributed by atoms with Crippen molar-refractivity contribution in [3.63, 3.8) is 0 Å². The molecule has 0 aliphatic heterocycles. The lowest BCUT2D eigenvalue weighted by atomic mass is 9.97. The van der Waals surface area contributed by atoms with Gasteiger partial charge >= 0.3 is 0 Å². The summed E-state index contributed by atoms with van der Waals surface area (Å²) in [6, 6.07) is 8.71. The van der Waals surface area contributed by atoms with Gasteiger partial charge in [0, 0.05) is 12.6 Å². The van der Waals surface area contributed by atoms with E-state index in [4.69, 9.17) is 5.73 Å². The fourth-order valence-electron chi connectivity index (χ4n) is 2.21. The van der Waals surface area contributed by atoms with Crippen LogP contribution in [0.4, 0.5) is 0 Å². The molecule has 0 saturated heterocycles. The number of hydrogen-bond acceptors (Lipinski definition) is 2. The average molecular weight is 322 g/mol. The number of imidazole rings is 1. The third kappa shape index (κ3) is 2.74. The largest absolute Gasteiger partial charge is 0.329 e. The monoisotopic (exact) mass is 321 g/mol. The Morgan fingerprint density at radius 1 is 1.32 bits per heavy atom. The summed E-state index contributed by atoms with van der Waals surface area (Å²) in [5, 5.41) is 0. The smallest absolute Gasteiger partial charge is 0.132 e. The predicted molar refractivity (Wildman–Crippen MR) is 82.9 cm³/mol. The van der Waals surface area contributed by atoms with E-state index in [-0.39, 0.29) is 0 Å². The molecule has 2 rings (SSSR count). The molecule has 0 saturated carbocycles. The summed E-state index contributed by atoms with van der Waals surface area (Å²) in [4.78, 5) is 4.43. The maximum atomic E-state index is 5.69. The fraction of sp³-hybridized carbons (Fsp3) is 0.400. The van der Waals surface area contributed by atoms with E-state index < -0.39 is 0 Å². The highest BCUT2D eigenvalue weighted by atomic mass is 79.9. The molecule has 19 heavy (non-hydrogen) atoms. The summed E-state index contributed by atoms with van der Waals surface area (Å²) >= 11 is 3.52. The molecule has 4 heteroatoms. The maximum absolute atomic E-state index is 5.69. The second-order valence-electron chi connectivity index (χ2n) is 4.86. The Hall–Kier alpha value is -1.13. The number of benzene rings is 1. The minimum atomic E-state index is 0.444. The molecule has 3 nitrogen and oxygen atoms in total. The molecule has 0 spiro atoms. The van der Waals surface area contributed by atoms with Crippen LogP contribution in [-0.2, 0) is 13.6 Å². The average Bonchev–Trinajstić information content (AvgIpc) is 2.72. The van der Waals surface area contributed by atoms with E-state index in [1.165, 1.54) is 5.56 Å². The SMILES string of the molecule is CCC(C)c1ccc(-c2c(Br)nc(CN)n2C)cc1. The third-order valence-corrected chi connectivity index (χ3v) is 4.25. The quantitative estimate of drug-likeness (QED) is 0.930. The van der Waals surface area contributed by atoms with Gasteiger partial charge in [0.1, 0.15) is 10.4 Å². The predicted octanol–water partition coefficient (Wildman–Crippen LogP) is 3.82. The molecule has 102 valence electrons. The van der Waals surface area contributed by atoms with E-state index in [1.807, 2.05) is 11.6 Å². The van der Waals surface area contributed by atoms with Gasteiger partial charge in [0.2, 0.25) is 0 Å². The Balaban J connectivity index is 2.40. The summed E-state index contributed by atoms with van der Waals surface area (Å²) in [5.41, 5.74) is 9.31. The lowest BCUT2D eigenvalue weighted by molar-refractivity contribution is 0.733. The van der Waals surface area contributed by atoms with Gasteiger partial charge in [-0.2, -0.15) is 0 Å². The normalized spacial score (nSPS) is 12.7. The standard InChI is InChI=1S/C15H20BrN3/c1-4-10(2)11-5-7-12(8-6-11)14-15(16)18-13(9-17)19(14)3/h5-8,10H,4,9,17H2,1-3H3. The van der Waals surface area contributed by atoms with E-state index in [9.17, 15) is 0 Å². The van der Waals surface area contributed by atoms with E-state index in [0.717, 1.165) is 28.1 Å². The highest BCUT2D eigenvalue weighted by Gasteiger charge is 2.13. The summed E-state index contributed by atoms with van der Waals surface area (Å²) < 4.78 is 2.90. The second-order valence-corrected chi connectivity index (χ2v) is 5.61. The first-order chi connectivity index (χ1) is 9.08. The first kappa shape index (κ1) is 14.3. The van der Waals surface area contributed by atoms with E-state index in [0.29, 0.717) is 12.5 Å². The van der Waals surface area contributed by atoms with Gasteiger partial charge in [0.25, 0.3) is 0 Å². The Morgan fingerprint density at radius 2 is 1.95 bits per heavy atom. The zero-order valence-electron chi connectivity index (χ0n) is 11.7. The van der Waals surface area contributed by atoms with Gasteiger partial charge in [-0.15, -0.1) is 0 Å². The van der Waals surface area contributed by atoms with Crippen molar-refractivity contribution in [2.45, 2.75) is 32.7 Å². The van der Waals surface area contributed by atoms with Gasteiger partial charge in [0.15, 0.2) is 0 Å². The minimum Gasteiger partial charge on any atom is -0.329 e. The summed E-state index contributed by atoms with van der Waals surface area (Å²) in [6.45, 7) is 4.91. The lowest BCUT2D eigenvalue weighted by Crippen LogP contribution is -2.05. The molecule has 0 fully saturated rings. The molecule has 2 N–H and O–H groups in total. The van der Waals surface area contributed by atoms with Crippen LogP contribution in [0.25, 0.3) is 11.3 Å². The van der Waals surface area contributed by atoms with E-state index >= 15 is 0 Å². The van der Waals surface area contributed by atoms with Gasteiger partial charge in [-0.25, -0.2) is 4.98 Å². The fourth-order valence-corrected chi connectivity index (χ4v) is 2.91. The van der Waals surface area contributed by atoms with Crippen molar-refractivity contribution < 1.29 is 0 Å². The van der Waals surface area contributed by atoms with E-state index in [2.05, 4.69) is 59.0 Å². The number of nitrogens with zero attached hydrogens (tertiary/aromatic N) is 2. The zero-order chi connectivity index (χ0) is 14.0. The van der Waals surface area contributed by atoms with Crippen LogP contribution in [0.3, 0.4) is 0 Å². The molecule has 1 heterocycles. The highest BCUT2D eigenvalue weighted by Crippen LogP contribution is 2.30. The van der Waals surface area contributed by atoms with Crippen molar-refractivity contribution in [2.24, 2.45) is 12.8 Å². The number of aromatic nitrogens is 2. The van der Waals surface area contributed by atoms with Crippen LogP contribution >= 0.6 is 15.9 Å². The molecule has 0 aliphatic rings. The first-order valence-electron chi connectivity index (χ1n) is 6.60. The van der Waals surface area contributed by atoms with Crippen LogP contribution in [0.5, 0.6) is 0 Å². The van der Waals surface area contributed by atoms with Gasteiger partial charge in [-0.05, 0) is 33.8 Å². The number of hydrogen-bond donors (Lipinski definition) is 1. The molecule has 1 aromatic heterocycles. The first-order valence-corrected chi connectivity index (χ1v) is 7.39. The topological polar surface area (TPSA) is 43.8 Å². The summed E-state index contributed by atoms with van der Waals surface area (Å²) in [7, 11) is 2.00. The highest BCUT2D eigenvalue weighted by molar-refractivity contribution is 9.10. The van der Waals surface area contributed by atoms with Gasteiger partial charge in [-0.3, -0.25) is 0 Å². The Labute approximate surface area is 123 Å². The molecule has 2 aromatic rings. The second kappa shape index (κ2) is 5.88. The maximum Gasteiger partial charge on any atom is 0.132 e. The lowest BCUT2D eigenvalue weighted by Gasteiger charge is -2.10. The molecule has 0 radical (unpaired) electrons. The Morgan fingerprint density at radius 3 is 2.42 bits per heavy atom. The molecular formula is C15H20BrN3. The van der Waals surface area contributed by atoms with Gasteiger partial charge in [0.05, 0.1) is 12.2 Å². The van der Waals surface area contributed by atoms with Crippen molar-refractivity contribution >= 4 is 15.9 Å². The van der Waals surface area contributed by atoms with Crippen molar-refractivity contribution in [1.29, 1.82) is 0 Å². The van der Waals surface area contributed by atoms with Crippen LogP contribution in [0.2, 0.25) is 0 Å². The molecule has 0 bridgehead atoms. The van der Waals surface area contributed by atoms with Crippen LogP contribution in [0.15, 0.2) is 28.9 Å². The van der Waals surface area contributed by atoms with Crippen molar-refractivity contribution in [2.75, 3.05) is 0 Å². The number of nitrogens with two attached hydrogens (primary N) is 1. The van der Waals surface area contributed by atoms with E-state index in [1.54, 1.807) is 0 Å². The van der Waals surface area contributed by atoms with Crippen molar-refractivity contribution in [1.82, 2.24) is 9.55 Å². The van der Waals surface area contributed by atoms with Crippen LogP contribution < -0.4 is 5.73 Å². The van der Waals surface area contributed by atoms with Crippen molar-refractivity contribution in [3.8, 4) is 11.3 Å². The molecule has 1 aromatic carbocycles. The van der Waals surface area contributed by atoms with Crippen LogP contribution in [0.1, 0.15) is 37.6 Å². The Bertz CT molecular complexity index is 558. The summed E-state index contributed by atoms with van der Waals surface area (Å²) in [6.07, 6.45) is 1.16. The molecule has 1 unspecified atom stereocenters. The van der Waals surface area contributed by atoms with Gasteiger partial charge in [-0.1, -0.05) is 38.1 Å². The Kier molecular flexibility index (Phi) is 4.42. The molecule has 0 amide bonds. The molecular weight excluding hydrogens is 302 g/mol. The molecule has 0 aliphatic carbocycles.